The minimum atomic E-state index is -0.576. The Labute approximate surface area is 152 Å². The van der Waals surface area contributed by atoms with E-state index in [0.717, 1.165) is 24.9 Å². The van der Waals surface area contributed by atoms with Crippen molar-refractivity contribution < 1.29 is 14.4 Å². The smallest absolute Gasteiger partial charge is 0.255 e. The monoisotopic (exact) mass is 351 g/mol. The lowest BCUT2D eigenvalue weighted by Gasteiger charge is -2.26. The Hall–Kier alpha value is -3.15. The lowest BCUT2D eigenvalue weighted by Crippen LogP contribution is -2.34. The van der Waals surface area contributed by atoms with Gasteiger partial charge in [-0.1, -0.05) is 18.2 Å². The molecule has 3 rings (SSSR count). The summed E-state index contributed by atoms with van der Waals surface area (Å²) in [6, 6.07) is 13.7. The first-order valence-corrected chi connectivity index (χ1v) is 8.61. The van der Waals surface area contributed by atoms with Crippen LogP contribution in [0.1, 0.15) is 45.5 Å². The van der Waals surface area contributed by atoms with Crippen molar-refractivity contribution in [1.82, 2.24) is 4.90 Å². The Morgan fingerprint density at radius 1 is 1.04 bits per heavy atom. The quantitative estimate of drug-likeness (QED) is 0.867. The molecule has 1 saturated heterocycles. The van der Waals surface area contributed by atoms with Crippen LogP contribution in [0.15, 0.2) is 48.5 Å². The molecule has 2 aromatic carbocycles. The second kappa shape index (κ2) is 7.82. The molecule has 1 heterocycles. The number of piperidine rings is 1. The van der Waals surface area contributed by atoms with Crippen molar-refractivity contribution in [2.75, 3.05) is 11.9 Å². The third kappa shape index (κ3) is 4.27. The summed E-state index contributed by atoms with van der Waals surface area (Å²) in [5.74, 6) is -0.721. The van der Waals surface area contributed by atoms with Crippen LogP contribution in [0.3, 0.4) is 0 Å². The standard InChI is InChI=1S/C20H21N3O3/c21-19(25)15-6-4-7-16(12-15)20(26)22-17-8-3-5-14(11-17)13-23-10-2-1-9-18(23)24/h3-8,11-12H,1-2,9-10,13H2,(H2,21,25)(H,22,26). The number of benzene rings is 2. The van der Waals surface area contributed by atoms with Gasteiger partial charge in [0.1, 0.15) is 0 Å². The molecule has 134 valence electrons. The summed E-state index contributed by atoms with van der Waals surface area (Å²) < 4.78 is 0. The number of nitrogens with two attached hydrogens (primary N) is 1. The average Bonchev–Trinajstić information content (AvgIpc) is 2.64. The second-order valence-electron chi connectivity index (χ2n) is 6.37. The van der Waals surface area contributed by atoms with Crippen LogP contribution in [-0.2, 0) is 11.3 Å². The highest BCUT2D eigenvalue weighted by Crippen LogP contribution is 2.18. The van der Waals surface area contributed by atoms with Gasteiger partial charge in [-0.05, 0) is 48.7 Å². The molecule has 2 aromatic rings. The van der Waals surface area contributed by atoms with Crippen molar-refractivity contribution in [1.29, 1.82) is 0 Å². The first-order chi connectivity index (χ1) is 12.5. The summed E-state index contributed by atoms with van der Waals surface area (Å²) in [5, 5.41) is 2.82. The van der Waals surface area contributed by atoms with Gasteiger partial charge < -0.3 is 16.0 Å². The fraction of sp³-hybridized carbons (Fsp3) is 0.250. The van der Waals surface area contributed by atoms with Crippen LogP contribution < -0.4 is 11.1 Å². The van der Waals surface area contributed by atoms with Crippen LogP contribution in [0.25, 0.3) is 0 Å². The van der Waals surface area contributed by atoms with Gasteiger partial charge in [-0.3, -0.25) is 14.4 Å². The van der Waals surface area contributed by atoms with Gasteiger partial charge in [0.15, 0.2) is 0 Å². The third-order valence-corrected chi connectivity index (χ3v) is 4.39. The molecule has 0 aliphatic carbocycles. The van der Waals surface area contributed by atoms with E-state index >= 15 is 0 Å². The predicted molar refractivity (Wildman–Crippen MR) is 98.6 cm³/mol. The highest BCUT2D eigenvalue weighted by molar-refractivity contribution is 6.06. The number of anilines is 1. The number of hydrogen-bond donors (Lipinski definition) is 2. The minimum Gasteiger partial charge on any atom is -0.366 e. The van der Waals surface area contributed by atoms with Gasteiger partial charge in [0.05, 0.1) is 0 Å². The molecule has 0 unspecified atom stereocenters. The van der Waals surface area contributed by atoms with Crippen LogP contribution in [0.5, 0.6) is 0 Å². The summed E-state index contributed by atoms with van der Waals surface area (Å²) in [6.07, 6.45) is 2.58. The summed E-state index contributed by atoms with van der Waals surface area (Å²) in [4.78, 5) is 37.5. The van der Waals surface area contributed by atoms with E-state index in [1.165, 1.54) is 6.07 Å². The molecule has 0 saturated carbocycles. The molecule has 1 aliphatic rings. The van der Waals surface area contributed by atoms with Crippen molar-refractivity contribution in [3.63, 3.8) is 0 Å². The molecule has 3 amide bonds. The molecular weight excluding hydrogens is 330 g/mol. The lowest BCUT2D eigenvalue weighted by molar-refractivity contribution is -0.133. The van der Waals surface area contributed by atoms with E-state index in [9.17, 15) is 14.4 Å². The summed E-state index contributed by atoms with van der Waals surface area (Å²) in [7, 11) is 0. The Morgan fingerprint density at radius 2 is 1.81 bits per heavy atom. The largest absolute Gasteiger partial charge is 0.366 e. The molecule has 1 aliphatic heterocycles. The van der Waals surface area contributed by atoms with E-state index in [2.05, 4.69) is 5.32 Å². The normalized spacial score (nSPS) is 14.2. The van der Waals surface area contributed by atoms with Crippen LogP contribution >= 0.6 is 0 Å². The molecule has 0 radical (unpaired) electrons. The molecule has 6 heteroatoms. The number of rotatable bonds is 5. The lowest BCUT2D eigenvalue weighted by atomic mass is 10.1. The molecular formula is C20H21N3O3. The molecule has 0 atom stereocenters. The number of carbonyl (C=O) groups is 3. The van der Waals surface area contributed by atoms with E-state index in [4.69, 9.17) is 5.73 Å². The van der Waals surface area contributed by atoms with Gasteiger partial charge in [0.25, 0.3) is 5.91 Å². The van der Waals surface area contributed by atoms with Crippen molar-refractivity contribution >= 4 is 23.4 Å². The van der Waals surface area contributed by atoms with Crippen molar-refractivity contribution in [2.24, 2.45) is 5.73 Å². The molecule has 3 N–H and O–H groups in total. The molecule has 1 fully saturated rings. The summed E-state index contributed by atoms with van der Waals surface area (Å²) >= 11 is 0. The second-order valence-corrected chi connectivity index (χ2v) is 6.37. The van der Waals surface area contributed by atoms with E-state index in [1.807, 2.05) is 23.1 Å². The Morgan fingerprint density at radius 3 is 2.58 bits per heavy atom. The summed E-state index contributed by atoms with van der Waals surface area (Å²) in [6.45, 7) is 1.31. The highest BCUT2D eigenvalue weighted by atomic mass is 16.2. The maximum absolute atomic E-state index is 12.4. The highest BCUT2D eigenvalue weighted by Gasteiger charge is 2.18. The van der Waals surface area contributed by atoms with Crippen LogP contribution in [0.2, 0.25) is 0 Å². The maximum atomic E-state index is 12.4. The fourth-order valence-corrected chi connectivity index (χ4v) is 3.01. The predicted octanol–water partition coefficient (Wildman–Crippen LogP) is 2.55. The Kier molecular flexibility index (Phi) is 5.31. The van der Waals surface area contributed by atoms with Crippen molar-refractivity contribution in [3.05, 3.63) is 65.2 Å². The van der Waals surface area contributed by atoms with Crippen molar-refractivity contribution in [3.8, 4) is 0 Å². The van der Waals surface area contributed by atoms with Gasteiger partial charge in [-0.25, -0.2) is 0 Å². The zero-order chi connectivity index (χ0) is 18.5. The van der Waals surface area contributed by atoms with Crippen LogP contribution in [-0.4, -0.2) is 29.2 Å². The number of amides is 3. The average molecular weight is 351 g/mol. The molecule has 6 nitrogen and oxygen atoms in total. The van der Waals surface area contributed by atoms with E-state index in [-0.39, 0.29) is 17.4 Å². The number of hydrogen-bond acceptors (Lipinski definition) is 3. The summed E-state index contributed by atoms with van der Waals surface area (Å²) in [5.41, 5.74) is 7.50. The number of carbonyl (C=O) groups excluding carboxylic acids is 3. The van der Waals surface area contributed by atoms with Gasteiger partial charge in [-0.2, -0.15) is 0 Å². The molecule has 26 heavy (non-hydrogen) atoms. The zero-order valence-electron chi connectivity index (χ0n) is 14.4. The van der Waals surface area contributed by atoms with Gasteiger partial charge in [0, 0.05) is 36.3 Å². The number of nitrogens with zero attached hydrogens (tertiary/aromatic N) is 1. The maximum Gasteiger partial charge on any atom is 0.255 e. The minimum absolute atomic E-state index is 0.175. The number of likely N-dealkylation sites (tertiary alicyclic amines) is 1. The molecule has 0 bridgehead atoms. The fourth-order valence-electron chi connectivity index (χ4n) is 3.01. The van der Waals surface area contributed by atoms with Crippen molar-refractivity contribution in [2.45, 2.75) is 25.8 Å². The Bertz CT molecular complexity index is 848. The van der Waals surface area contributed by atoms with E-state index in [0.29, 0.717) is 24.2 Å². The van der Waals surface area contributed by atoms with Gasteiger partial charge in [-0.15, -0.1) is 0 Å². The van der Waals surface area contributed by atoms with Gasteiger partial charge >= 0.3 is 0 Å². The zero-order valence-corrected chi connectivity index (χ0v) is 14.4. The molecule has 0 aromatic heterocycles. The van der Waals surface area contributed by atoms with E-state index in [1.54, 1.807) is 24.3 Å². The number of primary amides is 1. The molecule has 0 spiro atoms. The Balaban J connectivity index is 1.70. The first kappa shape index (κ1) is 17.7. The SMILES string of the molecule is NC(=O)c1cccc(C(=O)Nc2cccc(CN3CCCCC3=O)c2)c1. The number of nitrogens with one attached hydrogen (secondary N) is 1. The van der Waals surface area contributed by atoms with E-state index < -0.39 is 5.91 Å². The van der Waals surface area contributed by atoms with Crippen LogP contribution in [0.4, 0.5) is 5.69 Å². The van der Waals surface area contributed by atoms with Gasteiger partial charge in [0.2, 0.25) is 11.8 Å². The van der Waals surface area contributed by atoms with Crippen LogP contribution in [0, 0.1) is 0 Å². The first-order valence-electron chi connectivity index (χ1n) is 8.61. The topological polar surface area (TPSA) is 92.5 Å². The third-order valence-electron chi connectivity index (χ3n) is 4.39.